The van der Waals surface area contributed by atoms with Crippen LogP contribution in [0.1, 0.15) is 5.56 Å². The van der Waals surface area contributed by atoms with Gasteiger partial charge in [-0.1, -0.05) is 17.7 Å². The standard InChI is InChI=1S/C13H18ClN3O/c1-10-2-3-12(11(14)8-10)16-13(18)9-17-6-4-15-5-7-17/h2-3,8,15H,4-7,9H2,1H3,(H,16,18). The quantitative estimate of drug-likeness (QED) is 0.872. The van der Waals surface area contributed by atoms with Gasteiger partial charge in [-0.15, -0.1) is 0 Å². The zero-order chi connectivity index (χ0) is 13.0. The van der Waals surface area contributed by atoms with Gasteiger partial charge in [0.2, 0.25) is 5.91 Å². The molecule has 2 N–H and O–H groups in total. The van der Waals surface area contributed by atoms with E-state index >= 15 is 0 Å². The summed E-state index contributed by atoms with van der Waals surface area (Å²) in [5.41, 5.74) is 1.77. The van der Waals surface area contributed by atoms with Crippen molar-refractivity contribution in [2.24, 2.45) is 0 Å². The minimum absolute atomic E-state index is 0.0114. The number of carbonyl (C=O) groups is 1. The second kappa shape index (κ2) is 6.18. The molecule has 1 aromatic carbocycles. The molecule has 0 atom stereocenters. The zero-order valence-corrected chi connectivity index (χ0v) is 11.3. The van der Waals surface area contributed by atoms with Gasteiger partial charge in [-0.25, -0.2) is 0 Å². The number of hydrogen-bond acceptors (Lipinski definition) is 3. The van der Waals surface area contributed by atoms with Crippen LogP contribution in [0, 0.1) is 6.92 Å². The van der Waals surface area contributed by atoms with E-state index in [9.17, 15) is 4.79 Å². The molecular formula is C13H18ClN3O. The molecule has 4 nitrogen and oxygen atoms in total. The molecular weight excluding hydrogens is 250 g/mol. The van der Waals surface area contributed by atoms with E-state index < -0.39 is 0 Å². The van der Waals surface area contributed by atoms with Crippen molar-refractivity contribution >= 4 is 23.2 Å². The van der Waals surface area contributed by atoms with Crippen LogP contribution in [-0.4, -0.2) is 43.5 Å². The van der Waals surface area contributed by atoms with Crippen LogP contribution in [0.15, 0.2) is 18.2 Å². The predicted molar refractivity (Wildman–Crippen MR) is 74.1 cm³/mol. The second-order valence-electron chi connectivity index (χ2n) is 4.56. The van der Waals surface area contributed by atoms with Crippen molar-refractivity contribution in [2.75, 3.05) is 38.0 Å². The van der Waals surface area contributed by atoms with Gasteiger partial charge in [0.15, 0.2) is 0 Å². The van der Waals surface area contributed by atoms with Crippen molar-refractivity contribution in [3.63, 3.8) is 0 Å². The van der Waals surface area contributed by atoms with Crippen molar-refractivity contribution in [2.45, 2.75) is 6.92 Å². The summed E-state index contributed by atoms with van der Waals surface area (Å²) < 4.78 is 0. The lowest BCUT2D eigenvalue weighted by molar-refractivity contribution is -0.117. The highest BCUT2D eigenvalue weighted by Gasteiger charge is 2.14. The monoisotopic (exact) mass is 267 g/mol. The van der Waals surface area contributed by atoms with Crippen molar-refractivity contribution in [1.29, 1.82) is 0 Å². The first kappa shape index (κ1) is 13.3. The Balaban J connectivity index is 1.90. The number of rotatable bonds is 3. The van der Waals surface area contributed by atoms with Crippen LogP contribution in [0.5, 0.6) is 0 Å². The third kappa shape index (κ3) is 3.70. The Kier molecular flexibility index (Phi) is 4.58. The number of aryl methyl sites for hydroxylation is 1. The fourth-order valence-electron chi connectivity index (χ4n) is 1.98. The minimum Gasteiger partial charge on any atom is -0.324 e. The van der Waals surface area contributed by atoms with E-state index in [1.165, 1.54) is 0 Å². The minimum atomic E-state index is -0.0114. The molecule has 0 bridgehead atoms. The lowest BCUT2D eigenvalue weighted by Gasteiger charge is -2.26. The average Bonchev–Trinajstić information content (AvgIpc) is 2.34. The molecule has 0 aromatic heterocycles. The molecule has 2 rings (SSSR count). The second-order valence-corrected chi connectivity index (χ2v) is 4.96. The molecule has 1 fully saturated rings. The number of halogens is 1. The van der Waals surface area contributed by atoms with Crippen LogP contribution in [0.25, 0.3) is 0 Å². The van der Waals surface area contributed by atoms with E-state index in [1.54, 1.807) is 0 Å². The van der Waals surface area contributed by atoms with E-state index in [1.807, 2.05) is 25.1 Å². The first-order valence-electron chi connectivity index (χ1n) is 6.14. The zero-order valence-electron chi connectivity index (χ0n) is 10.5. The fourth-order valence-corrected chi connectivity index (χ4v) is 2.27. The molecule has 1 aromatic rings. The lowest BCUT2D eigenvalue weighted by Crippen LogP contribution is -2.46. The summed E-state index contributed by atoms with van der Waals surface area (Å²) in [6.45, 7) is 6.10. The SMILES string of the molecule is Cc1ccc(NC(=O)CN2CCNCC2)c(Cl)c1. The van der Waals surface area contributed by atoms with E-state index in [0.717, 1.165) is 31.7 Å². The summed E-state index contributed by atoms with van der Waals surface area (Å²) >= 11 is 6.08. The van der Waals surface area contributed by atoms with Gasteiger partial charge in [-0.05, 0) is 24.6 Å². The van der Waals surface area contributed by atoms with Gasteiger partial charge in [0, 0.05) is 26.2 Å². The highest BCUT2D eigenvalue weighted by atomic mass is 35.5. The summed E-state index contributed by atoms with van der Waals surface area (Å²) in [7, 11) is 0. The van der Waals surface area contributed by atoms with Gasteiger partial charge in [0.25, 0.3) is 0 Å². The first-order valence-corrected chi connectivity index (χ1v) is 6.52. The summed E-state index contributed by atoms with van der Waals surface area (Å²) in [5, 5.41) is 6.70. The number of amides is 1. The summed E-state index contributed by atoms with van der Waals surface area (Å²) in [6.07, 6.45) is 0. The van der Waals surface area contributed by atoms with Crippen LogP contribution in [-0.2, 0) is 4.79 Å². The van der Waals surface area contributed by atoms with E-state index in [4.69, 9.17) is 11.6 Å². The Morgan fingerprint density at radius 3 is 2.83 bits per heavy atom. The summed E-state index contributed by atoms with van der Waals surface area (Å²) in [5.74, 6) is -0.0114. The number of hydrogen-bond donors (Lipinski definition) is 2. The molecule has 0 saturated carbocycles. The van der Waals surface area contributed by atoms with Crippen LogP contribution in [0.3, 0.4) is 0 Å². The molecule has 1 amide bonds. The van der Waals surface area contributed by atoms with Crippen molar-refractivity contribution in [3.8, 4) is 0 Å². The highest BCUT2D eigenvalue weighted by molar-refractivity contribution is 6.33. The Morgan fingerprint density at radius 1 is 1.44 bits per heavy atom. The van der Waals surface area contributed by atoms with Crippen molar-refractivity contribution < 1.29 is 4.79 Å². The molecule has 1 saturated heterocycles. The van der Waals surface area contributed by atoms with Gasteiger partial charge in [-0.2, -0.15) is 0 Å². The number of nitrogens with zero attached hydrogens (tertiary/aromatic N) is 1. The van der Waals surface area contributed by atoms with Gasteiger partial charge in [0.05, 0.1) is 17.3 Å². The van der Waals surface area contributed by atoms with Gasteiger partial charge >= 0.3 is 0 Å². The van der Waals surface area contributed by atoms with E-state index in [0.29, 0.717) is 17.3 Å². The van der Waals surface area contributed by atoms with E-state index in [-0.39, 0.29) is 5.91 Å². The van der Waals surface area contributed by atoms with Crippen LogP contribution in [0.2, 0.25) is 5.02 Å². The molecule has 0 radical (unpaired) electrons. The van der Waals surface area contributed by atoms with E-state index in [2.05, 4.69) is 15.5 Å². The summed E-state index contributed by atoms with van der Waals surface area (Å²) in [4.78, 5) is 14.0. The molecule has 0 unspecified atom stereocenters. The van der Waals surface area contributed by atoms with Gasteiger partial charge in [-0.3, -0.25) is 9.69 Å². The number of nitrogens with one attached hydrogen (secondary N) is 2. The van der Waals surface area contributed by atoms with Gasteiger partial charge in [0.1, 0.15) is 0 Å². The van der Waals surface area contributed by atoms with Gasteiger partial charge < -0.3 is 10.6 Å². The molecule has 98 valence electrons. The molecule has 1 heterocycles. The molecule has 0 aliphatic carbocycles. The maximum Gasteiger partial charge on any atom is 0.238 e. The largest absolute Gasteiger partial charge is 0.324 e. The first-order chi connectivity index (χ1) is 8.65. The Morgan fingerprint density at radius 2 is 2.17 bits per heavy atom. The van der Waals surface area contributed by atoms with Crippen LogP contribution >= 0.6 is 11.6 Å². The number of carbonyl (C=O) groups excluding carboxylic acids is 1. The molecule has 5 heteroatoms. The Bertz CT molecular complexity index is 430. The van der Waals surface area contributed by atoms with Crippen molar-refractivity contribution in [1.82, 2.24) is 10.2 Å². The fraction of sp³-hybridized carbons (Fsp3) is 0.462. The summed E-state index contributed by atoms with van der Waals surface area (Å²) in [6, 6.07) is 5.63. The maximum atomic E-state index is 11.9. The molecule has 1 aliphatic heterocycles. The van der Waals surface area contributed by atoms with Crippen LogP contribution < -0.4 is 10.6 Å². The Labute approximate surface area is 112 Å². The third-order valence-corrected chi connectivity index (χ3v) is 3.29. The smallest absolute Gasteiger partial charge is 0.238 e. The Hall–Kier alpha value is -1.10. The highest BCUT2D eigenvalue weighted by Crippen LogP contribution is 2.22. The maximum absolute atomic E-state index is 11.9. The normalized spacial score (nSPS) is 16.6. The lowest BCUT2D eigenvalue weighted by atomic mass is 10.2. The topological polar surface area (TPSA) is 44.4 Å². The predicted octanol–water partition coefficient (Wildman–Crippen LogP) is 1.49. The van der Waals surface area contributed by atoms with Crippen molar-refractivity contribution in [3.05, 3.63) is 28.8 Å². The molecule has 1 aliphatic rings. The molecule has 18 heavy (non-hydrogen) atoms. The number of anilines is 1. The third-order valence-electron chi connectivity index (χ3n) is 2.98. The average molecular weight is 268 g/mol. The van der Waals surface area contributed by atoms with Crippen LogP contribution in [0.4, 0.5) is 5.69 Å². The molecule has 0 spiro atoms. The number of benzene rings is 1. The number of piperazine rings is 1.